The van der Waals surface area contributed by atoms with Gasteiger partial charge in [-0.25, -0.2) is 0 Å². The Kier molecular flexibility index (Phi) is 7.11. The fourth-order valence-electron chi connectivity index (χ4n) is 3.28. The molecule has 2 aromatic carbocycles. The van der Waals surface area contributed by atoms with Crippen LogP contribution in [-0.2, 0) is 11.3 Å². The van der Waals surface area contributed by atoms with Crippen LogP contribution < -0.4 is 4.74 Å². The summed E-state index contributed by atoms with van der Waals surface area (Å²) in [5, 5.41) is 20.0. The van der Waals surface area contributed by atoms with Crippen LogP contribution in [0.5, 0.6) is 11.6 Å². The SMILES string of the molecule is CCCCCn1c(O)c(N=NC(=O)C(C)Oc2ccc(Cl)cc2C)c2ccccc21. The molecule has 1 unspecified atom stereocenters. The number of aromatic hydroxyl groups is 1. The Morgan fingerprint density at radius 2 is 2.00 bits per heavy atom. The number of nitrogens with zero attached hydrogens (tertiary/aromatic N) is 3. The second-order valence-electron chi connectivity index (χ2n) is 7.26. The Morgan fingerprint density at radius 3 is 2.73 bits per heavy atom. The number of benzene rings is 2. The third-order valence-electron chi connectivity index (χ3n) is 4.94. The van der Waals surface area contributed by atoms with E-state index in [1.54, 1.807) is 25.1 Å². The number of ether oxygens (including phenoxy) is 1. The highest BCUT2D eigenvalue weighted by atomic mass is 35.5. The molecule has 1 heterocycles. The number of halogens is 1. The maximum Gasteiger partial charge on any atom is 0.304 e. The number of hydrogen-bond acceptors (Lipinski definition) is 4. The van der Waals surface area contributed by atoms with Gasteiger partial charge in [0.2, 0.25) is 5.88 Å². The number of azo groups is 1. The third-order valence-corrected chi connectivity index (χ3v) is 5.17. The minimum absolute atomic E-state index is 0.0194. The average molecular weight is 428 g/mol. The maximum atomic E-state index is 12.5. The lowest BCUT2D eigenvalue weighted by molar-refractivity contribution is -0.124. The summed E-state index contributed by atoms with van der Waals surface area (Å²) in [6, 6.07) is 12.8. The zero-order valence-electron chi connectivity index (χ0n) is 17.4. The Hall–Kier alpha value is -2.86. The number of para-hydroxylation sites is 1. The fraction of sp³-hybridized carbons (Fsp3) is 0.348. The number of carbonyl (C=O) groups is 1. The molecule has 1 aromatic heterocycles. The number of rotatable bonds is 8. The van der Waals surface area contributed by atoms with Crippen molar-refractivity contribution in [3.63, 3.8) is 0 Å². The van der Waals surface area contributed by atoms with Gasteiger partial charge in [-0.05, 0) is 50.1 Å². The van der Waals surface area contributed by atoms with Crippen LogP contribution in [0.1, 0.15) is 38.7 Å². The minimum Gasteiger partial charge on any atom is -0.493 e. The van der Waals surface area contributed by atoms with Gasteiger partial charge in [-0.15, -0.1) is 10.2 Å². The minimum atomic E-state index is -0.825. The van der Waals surface area contributed by atoms with Gasteiger partial charge in [-0.2, -0.15) is 0 Å². The molecule has 0 aliphatic heterocycles. The number of aromatic nitrogens is 1. The molecule has 0 aliphatic rings. The van der Waals surface area contributed by atoms with Crippen LogP contribution in [0.15, 0.2) is 52.7 Å². The average Bonchev–Trinajstić information content (AvgIpc) is 2.99. The molecule has 1 atom stereocenters. The van der Waals surface area contributed by atoms with E-state index in [0.29, 0.717) is 23.0 Å². The molecule has 1 amide bonds. The van der Waals surface area contributed by atoms with Crippen LogP contribution in [-0.4, -0.2) is 21.7 Å². The molecule has 0 spiro atoms. The van der Waals surface area contributed by atoms with Crippen molar-refractivity contribution in [1.29, 1.82) is 0 Å². The predicted octanol–water partition coefficient (Wildman–Crippen LogP) is 6.58. The van der Waals surface area contributed by atoms with E-state index >= 15 is 0 Å². The summed E-state index contributed by atoms with van der Waals surface area (Å²) in [6.07, 6.45) is 2.28. The standard InChI is InChI=1S/C23H26ClN3O3/c1-4-5-8-13-27-19-10-7-6-9-18(19)21(23(27)29)25-26-22(28)16(3)30-20-12-11-17(24)14-15(20)2/h6-7,9-12,14,16,29H,4-5,8,13H2,1-3H3. The van der Waals surface area contributed by atoms with E-state index in [9.17, 15) is 9.90 Å². The van der Waals surface area contributed by atoms with Gasteiger partial charge in [-0.1, -0.05) is 49.6 Å². The van der Waals surface area contributed by atoms with Gasteiger partial charge >= 0.3 is 5.91 Å². The van der Waals surface area contributed by atoms with Crippen molar-refractivity contribution in [3.05, 3.63) is 53.1 Å². The molecular formula is C23H26ClN3O3. The number of aryl methyl sites for hydroxylation is 2. The first kappa shape index (κ1) is 21.8. The first-order valence-electron chi connectivity index (χ1n) is 10.1. The van der Waals surface area contributed by atoms with Gasteiger partial charge in [0.25, 0.3) is 0 Å². The topological polar surface area (TPSA) is 76.2 Å². The predicted molar refractivity (Wildman–Crippen MR) is 119 cm³/mol. The summed E-state index contributed by atoms with van der Waals surface area (Å²) >= 11 is 5.96. The lowest BCUT2D eigenvalue weighted by Gasteiger charge is -2.13. The summed E-state index contributed by atoms with van der Waals surface area (Å²) in [4.78, 5) is 12.5. The number of amides is 1. The first-order chi connectivity index (χ1) is 14.4. The zero-order chi connectivity index (χ0) is 21.7. The van der Waals surface area contributed by atoms with Crippen LogP contribution >= 0.6 is 11.6 Å². The highest BCUT2D eigenvalue weighted by Gasteiger charge is 2.19. The van der Waals surface area contributed by atoms with Gasteiger partial charge in [0.1, 0.15) is 5.75 Å². The molecule has 6 nitrogen and oxygen atoms in total. The van der Waals surface area contributed by atoms with Gasteiger partial charge in [-0.3, -0.25) is 4.79 Å². The van der Waals surface area contributed by atoms with Crippen molar-refractivity contribution in [2.75, 3.05) is 0 Å². The fourth-order valence-corrected chi connectivity index (χ4v) is 3.51. The van der Waals surface area contributed by atoms with Gasteiger partial charge < -0.3 is 14.4 Å². The molecule has 0 saturated heterocycles. The summed E-state index contributed by atoms with van der Waals surface area (Å²) in [5.41, 5.74) is 1.99. The summed E-state index contributed by atoms with van der Waals surface area (Å²) in [6.45, 7) is 6.28. The van der Waals surface area contributed by atoms with Crippen molar-refractivity contribution in [3.8, 4) is 11.6 Å². The molecule has 0 fully saturated rings. The van der Waals surface area contributed by atoms with E-state index in [-0.39, 0.29) is 5.88 Å². The number of unbranched alkanes of at least 4 members (excludes halogenated alkanes) is 2. The van der Waals surface area contributed by atoms with Crippen LogP contribution in [0, 0.1) is 6.92 Å². The van der Waals surface area contributed by atoms with Crippen LogP contribution in [0.25, 0.3) is 10.9 Å². The molecule has 1 N–H and O–H groups in total. The van der Waals surface area contributed by atoms with Crippen LogP contribution in [0.4, 0.5) is 5.69 Å². The summed E-state index contributed by atoms with van der Waals surface area (Å²) < 4.78 is 7.53. The van der Waals surface area contributed by atoms with E-state index in [1.165, 1.54) is 0 Å². The molecule has 0 aliphatic carbocycles. The highest BCUT2D eigenvalue weighted by Crippen LogP contribution is 2.39. The van der Waals surface area contributed by atoms with Gasteiger partial charge in [0.05, 0.1) is 5.52 Å². The summed E-state index contributed by atoms with van der Waals surface area (Å²) in [5.74, 6) is 0.0448. The first-order valence-corrected chi connectivity index (χ1v) is 10.5. The zero-order valence-corrected chi connectivity index (χ0v) is 18.2. The van der Waals surface area contributed by atoms with E-state index < -0.39 is 12.0 Å². The Labute approximate surface area is 181 Å². The maximum absolute atomic E-state index is 12.5. The molecule has 30 heavy (non-hydrogen) atoms. The van der Waals surface area contributed by atoms with Crippen molar-refractivity contribution >= 4 is 34.1 Å². The Bertz CT molecular complexity index is 1070. The van der Waals surface area contributed by atoms with Crippen molar-refractivity contribution in [2.45, 2.75) is 52.7 Å². The number of fused-ring (bicyclic) bond motifs is 1. The van der Waals surface area contributed by atoms with Crippen molar-refractivity contribution < 1.29 is 14.6 Å². The second-order valence-corrected chi connectivity index (χ2v) is 7.69. The molecule has 0 bridgehead atoms. The normalized spacial score (nSPS) is 12.5. The molecule has 0 radical (unpaired) electrons. The second kappa shape index (κ2) is 9.76. The van der Waals surface area contributed by atoms with Crippen LogP contribution in [0.2, 0.25) is 5.02 Å². The van der Waals surface area contributed by atoms with E-state index in [2.05, 4.69) is 17.2 Å². The van der Waals surface area contributed by atoms with E-state index in [1.807, 2.05) is 35.8 Å². The summed E-state index contributed by atoms with van der Waals surface area (Å²) in [7, 11) is 0. The molecule has 3 aromatic rings. The Morgan fingerprint density at radius 1 is 1.23 bits per heavy atom. The smallest absolute Gasteiger partial charge is 0.304 e. The van der Waals surface area contributed by atoms with E-state index in [0.717, 1.165) is 35.7 Å². The Balaban J connectivity index is 1.80. The molecule has 3 rings (SSSR count). The molecular weight excluding hydrogens is 402 g/mol. The van der Waals surface area contributed by atoms with Gasteiger partial charge in [0.15, 0.2) is 11.8 Å². The van der Waals surface area contributed by atoms with Crippen molar-refractivity contribution in [2.24, 2.45) is 10.2 Å². The molecule has 0 saturated carbocycles. The van der Waals surface area contributed by atoms with E-state index in [4.69, 9.17) is 16.3 Å². The lowest BCUT2D eigenvalue weighted by Crippen LogP contribution is -2.21. The quantitative estimate of drug-likeness (QED) is 0.326. The largest absolute Gasteiger partial charge is 0.493 e. The molecule has 158 valence electrons. The number of carbonyl (C=O) groups excluding carboxylic acids is 1. The molecule has 7 heteroatoms. The lowest BCUT2D eigenvalue weighted by atomic mass is 10.2. The monoisotopic (exact) mass is 427 g/mol. The third kappa shape index (κ3) is 4.82. The highest BCUT2D eigenvalue weighted by molar-refractivity contribution is 6.30. The van der Waals surface area contributed by atoms with Gasteiger partial charge in [0, 0.05) is 17.0 Å². The number of hydrogen-bond donors (Lipinski definition) is 1. The van der Waals surface area contributed by atoms with Crippen molar-refractivity contribution in [1.82, 2.24) is 4.57 Å². The van der Waals surface area contributed by atoms with Crippen LogP contribution in [0.3, 0.4) is 0 Å².